The van der Waals surface area contributed by atoms with Crippen molar-refractivity contribution >= 4 is 50.8 Å². The van der Waals surface area contributed by atoms with Crippen LogP contribution in [0.1, 0.15) is 19.0 Å². The highest BCUT2D eigenvalue weighted by atomic mass is 35.5. The number of carbonyl (C=O) groups excluding carboxylic acids is 1. The van der Waals surface area contributed by atoms with Gasteiger partial charge in [0.1, 0.15) is 4.33 Å². The third-order valence-corrected chi connectivity index (χ3v) is 6.65. The Balaban J connectivity index is 1.72. The Morgan fingerprint density at radius 2 is 1.81 bits per heavy atom. The number of aromatic nitrogens is 2. The molecule has 0 aliphatic heterocycles. The van der Waals surface area contributed by atoms with Gasteiger partial charge in [0.2, 0.25) is 11.9 Å². The molecule has 1 saturated carbocycles. The highest BCUT2D eigenvalue weighted by Gasteiger charge is 2.67. The Labute approximate surface area is 161 Å². The quantitative estimate of drug-likeness (QED) is 0.731. The number of benzene rings is 1. The van der Waals surface area contributed by atoms with Crippen molar-refractivity contribution in [3.63, 3.8) is 0 Å². The standard InChI is InChI=1S/C16H16Cl2N4O3S/c1-10-7-8-19-14(20-10)22-26(24,25)12-5-3-11(4-6-12)21-13(23)15(2)9-16(15,17)18/h3-8H,9H2,1-2H3,(H,21,23)(H,19,20,22). The Morgan fingerprint density at radius 1 is 1.19 bits per heavy atom. The topological polar surface area (TPSA) is 101 Å². The first-order valence-electron chi connectivity index (χ1n) is 7.65. The average molecular weight is 415 g/mol. The zero-order valence-corrected chi connectivity index (χ0v) is 16.3. The van der Waals surface area contributed by atoms with Crippen LogP contribution in [0.5, 0.6) is 0 Å². The summed E-state index contributed by atoms with van der Waals surface area (Å²) in [5, 5.41) is 2.69. The van der Waals surface area contributed by atoms with E-state index in [9.17, 15) is 13.2 Å². The minimum atomic E-state index is -3.84. The van der Waals surface area contributed by atoms with E-state index in [0.717, 1.165) is 0 Å². The molecule has 3 rings (SSSR count). The largest absolute Gasteiger partial charge is 0.326 e. The molecule has 0 bridgehead atoms. The van der Waals surface area contributed by atoms with Gasteiger partial charge in [-0.05, 0) is 50.6 Å². The van der Waals surface area contributed by atoms with Crippen LogP contribution >= 0.6 is 23.2 Å². The molecule has 138 valence electrons. The predicted octanol–water partition coefficient (Wildman–Crippen LogP) is 3.11. The number of nitrogens with one attached hydrogen (secondary N) is 2. The average Bonchev–Trinajstić information content (AvgIpc) is 3.07. The minimum Gasteiger partial charge on any atom is -0.326 e. The number of anilines is 2. The van der Waals surface area contributed by atoms with E-state index in [4.69, 9.17) is 23.2 Å². The van der Waals surface area contributed by atoms with Crippen LogP contribution in [-0.4, -0.2) is 28.6 Å². The maximum absolute atomic E-state index is 12.4. The number of aryl methyl sites for hydroxylation is 1. The molecule has 10 heteroatoms. The number of carbonyl (C=O) groups is 1. The fraction of sp³-hybridized carbons (Fsp3) is 0.312. The fourth-order valence-electron chi connectivity index (χ4n) is 2.31. The van der Waals surface area contributed by atoms with Crippen molar-refractivity contribution in [1.82, 2.24) is 9.97 Å². The van der Waals surface area contributed by atoms with Gasteiger partial charge >= 0.3 is 0 Å². The Morgan fingerprint density at radius 3 is 2.35 bits per heavy atom. The summed E-state index contributed by atoms with van der Waals surface area (Å²) < 4.78 is 26.0. The number of halogens is 2. The monoisotopic (exact) mass is 414 g/mol. The van der Waals surface area contributed by atoms with Crippen LogP contribution in [0.15, 0.2) is 41.4 Å². The highest BCUT2D eigenvalue weighted by molar-refractivity contribution is 7.92. The number of sulfonamides is 1. The predicted molar refractivity (Wildman–Crippen MR) is 99.8 cm³/mol. The fourth-order valence-corrected chi connectivity index (χ4v) is 3.97. The lowest BCUT2D eigenvalue weighted by Crippen LogP contribution is -2.26. The van der Waals surface area contributed by atoms with Crippen LogP contribution in [0.4, 0.5) is 11.6 Å². The molecule has 1 atom stereocenters. The van der Waals surface area contributed by atoms with E-state index in [2.05, 4.69) is 20.0 Å². The van der Waals surface area contributed by atoms with Crippen LogP contribution in [0, 0.1) is 12.3 Å². The first-order valence-corrected chi connectivity index (χ1v) is 9.89. The molecule has 1 amide bonds. The molecule has 1 unspecified atom stereocenters. The zero-order valence-electron chi connectivity index (χ0n) is 14.0. The van der Waals surface area contributed by atoms with E-state index in [0.29, 0.717) is 17.8 Å². The molecule has 0 spiro atoms. The summed E-state index contributed by atoms with van der Waals surface area (Å²) in [5.41, 5.74) is 0.224. The summed E-state index contributed by atoms with van der Waals surface area (Å²) in [4.78, 5) is 20.1. The van der Waals surface area contributed by atoms with Crippen molar-refractivity contribution in [2.24, 2.45) is 5.41 Å². The van der Waals surface area contributed by atoms with Gasteiger partial charge in [-0.25, -0.2) is 23.1 Å². The first kappa shape index (κ1) is 18.9. The highest BCUT2D eigenvalue weighted by Crippen LogP contribution is 2.64. The zero-order chi connectivity index (χ0) is 19.2. The lowest BCUT2D eigenvalue weighted by atomic mass is 10.1. The van der Waals surface area contributed by atoms with Crippen molar-refractivity contribution in [3.05, 3.63) is 42.2 Å². The smallest absolute Gasteiger partial charge is 0.264 e. The third-order valence-electron chi connectivity index (χ3n) is 4.20. The summed E-state index contributed by atoms with van der Waals surface area (Å²) in [5.74, 6) is -0.325. The lowest BCUT2D eigenvalue weighted by molar-refractivity contribution is -0.120. The summed E-state index contributed by atoms with van der Waals surface area (Å²) in [6.45, 7) is 3.40. The van der Waals surface area contributed by atoms with Crippen LogP contribution < -0.4 is 10.0 Å². The molecule has 1 aliphatic carbocycles. The van der Waals surface area contributed by atoms with E-state index >= 15 is 0 Å². The second-order valence-corrected chi connectivity index (χ2v) is 9.49. The number of alkyl halides is 2. The second kappa shape index (κ2) is 6.37. The second-order valence-electron chi connectivity index (χ2n) is 6.32. The van der Waals surface area contributed by atoms with Gasteiger partial charge in [0.25, 0.3) is 10.0 Å². The molecular formula is C16H16Cl2N4O3S. The van der Waals surface area contributed by atoms with Crippen LogP contribution in [-0.2, 0) is 14.8 Å². The normalized spacial score (nSPS) is 21.1. The van der Waals surface area contributed by atoms with Gasteiger partial charge in [0.15, 0.2) is 0 Å². The Hall–Kier alpha value is -1.90. The Bertz CT molecular complexity index is 964. The molecule has 26 heavy (non-hydrogen) atoms. The number of hydrogen-bond acceptors (Lipinski definition) is 5. The summed E-state index contributed by atoms with van der Waals surface area (Å²) in [7, 11) is -3.84. The molecule has 1 aromatic heterocycles. The maximum Gasteiger partial charge on any atom is 0.264 e. The third kappa shape index (κ3) is 3.62. The van der Waals surface area contributed by atoms with E-state index in [1.165, 1.54) is 30.5 Å². The number of amides is 1. The van der Waals surface area contributed by atoms with Gasteiger partial charge < -0.3 is 5.32 Å². The minimum absolute atomic E-state index is 0.00963. The van der Waals surface area contributed by atoms with Gasteiger partial charge in [0.05, 0.1) is 10.3 Å². The van der Waals surface area contributed by atoms with E-state index < -0.39 is 19.8 Å². The van der Waals surface area contributed by atoms with E-state index in [1.54, 1.807) is 19.9 Å². The molecule has 1 fully saturated rings. The summed E-state index contributed by atoms with van der Waals surface area (Å²) in [6, 6.07) is 7.38. The van der Waals surface area contributed by atoms with Crippen molar-refractivity contribution in [1.29, 1.82) is 0 Å². The van der Waals surface area contributed by atoms with E-state index in [1.807, 2.05) is 0 Å². The molecule has 0 saturated heterocycles. The van der Waals surface area contributed by atoms with Crippen LogP contribution in [0.3, 0.4) is 0 Å². The number of hydrogen-bond donors (Lipinski definition) is 2. The van der Waals surface area contributed by atoms with Gasteiger partial charge in [-0.1, -0.05) is 0 Å². The SMILES string of the molecule is Cc1ccnc(NS(=O)(=O)c2ccc(NC(=O)C3(C)CC3(Cl)Cl)cc2)n1. The molecule has 2 N–H and O–H groups in total. The Kier molecular flexibility index (Phi) is 4.62. The number of nitrogens with zero attached hydrogens (tertiary/aromatic N) is 2. The summed E-state index contributed by atoms with van der Waals surface area (Å²) in [6.07, 6.45) is 1.83. The van der Waals surface area contributed by atoms with E-state index in [-0.39, 0.29) is 16.8 Å². The molecule has 2 aromatic rings. The van der Waals surface area contributed by atoms with Crippen molar-refractivity contribution in [2.75, 3.05) is 10.0 Å². The molecule has 1 heterocycles. The van der Waals surface area contributed by atoms with Crippen molar-refractivity contribution in [3.8, 4) is 0 Å². The van der Waals surface area contributed by atoms with Crippen molar-refractivity contribution in [2.45, 2.75) is 29.5 Å². The molecule has 1 aliphatic rings. The van der Waals surface area contributed by atoms with Gasteiger partial charge in [-0.3, -0.25) is 4.79 Å². The molecule has 0 radical (unpaired) electrons. The van der Waals surface area contributed by atoms with Crippen LogP contribution in [0.25, 0.3) is 0 Å². The lowest BCUT2D eigenvalue weighted by Gasteiger charge is -2.13. The molecule has 7 nitrogen and oxygen atoms in total. The number of rotatable bonds is 5. The van der Waals surface area contributed by atoms with Gasteiger partial charge in [-0.2, -0.15) is 0 Å². The van der Waals surface area contributed by atoms with Gasteiger partial charge in [0, 0.05) is 17.6 Å². The molecule has 1 aromatic carbocycles. The molecular weight excluding hydrogens is 399 g/mol. The summed E-state index contributed by atoms with van der Waals surface area (Å²) >= 11 is 12.0. The van der Waals surface area contributed by atoms with Crippen LogP contribution in [0.2, 0.25) is 0 Å². The maximum atomic E-state index is 12.4. The van der Waals surface area contributed by atoms with Crippen molar-refractivity contribution < 1.29 is 13.2 Å². The first-order chi connectivity index (χ1) is 12.0. The van der Waals surface area contributed by atoms with Gasteiger partial charge in [-0.15, -0.1) is 23.2 Å².